The topological polar surface area (TPSA) is 37.4 Å². The Bertz CT molecular complexity index is 791. The van der Waals surface area contributed by atoms with Crippen LogP contribution in [-0.4, -0.2) is 25.8 Å². The molecule has 6 heteroatoms. The third-order valence-corrected chi connectivity index (χ3v) is 6.56. The maximum atomic E-state index is 13.1. The van der Waals surface area contributed by atoms with Gasteiger partial charge in [-0.2, -0.15) is 4.31 Å². The Morgan fingerprint density at radius 2 is 1.67 bits per heavy atom. The highest BCUT2D eigenvalue weighted by Gasteiger charge is 2.29. The van der Waals surface area contributed by atoms with Crippen LogP contribution in [0.15, 0.2) is 53.4 Å². The molecule has 128 valence electrons. The Hall–Kier alpha value is -1.43. The molecule has 0 N–H and O–H groups in total. The van der Waals surface area contributed by atoms with Crippen molar-refractivity contribution >= 4 is 21.6 Å². The Labute approximate surface area is 147 Å². The van der Waals surface area contributed by atoms with Crippen LogP contribution in [-0.2, 0) is 10.0 Å². The molecule has 0 saturated carbocycles. The summed E-state index contributed by atoms with van der Waals surface area (Å²) in [6.07, 6.45) is 2.68. The van der Waals surface area contributed by atoms with E-state index in [-0.39, 0.29) is 16.6 Å². The van der Waals surface area contributed by atoms with Crippen molar-refractivity contribution in [2.75, 3.05) is 13.1 Å². The van der Waals surface area contributed by atoms with Crippen LogP contribution in [0.5, 0.6) is 0 Å². The van der Waals surface area contributed by atoms with Crippen LogP contribution < -0.4 is 0 Å². The average molecular weight is 368 g/mol. The SMILES string of the molecule is O=S(=O)(c1ccc(Cl)cc1)N1CCCCC(c2ccc(F)cc2)C1. The van der Waals surface area contributed by atoms with Crippen molar-refractivity contribution in [2.45, 2.75) is 30.1 Å². The first-order valence-corrected chi connectivity index (χ1v) is 9.80. The molecule has 0 amide bonds. The van der Waals surface area contributed by atoms with E-state index in [1.54, 1.807) is 24.3 Å². The summed E-state index contributed by atoms with van der Waals surface area (Å²) in [5.74, 6) is -0.201. The van der Waals surface area contributed by atoms with Gasteiger partial charge in [0.2, 0.25) is 10.0 Å². The van der Waals surface area contributed by atoms with Gasteiger partial charge in [0, 0.05) is 18.1 Å². The lowest BCUT2D eigenvalue weighted by atomic mass is 9.95. The van der Waals surface area contributed by atoms with Crippen LogP contribution in [0, 0.1) is 5.82 Å². The molecule has 1 aliphatic rings. The van der Waals surface area contributed by atoms with Crippen LogP contribution in [0.2, 0.25) is 5.02 Å². The van der Waals surface area contributed by atoms with Crippen molar-refractivity contribution in [3.8, 4) is 0 Å². The van der Waals surface area contributed by atoms with Crippen molar-refractivity contribution in [2.24, 2.45) is 0 Å². The minimum atomic E-state index is -3.55. The zero-order valence-corrected chi connectivity index (χ0v) is 14.7. The fraction of sp³-hybridized carbons (Fsp3) is 0.333. The van der Waals surface area contributed by atoms with E-state index in [2.05, 4.69) is 0 Å². The molecule has 1 unspecified atom stereocenters. The van der Waals surface area contributed by atoms with Crippen LogP contribution >= 0.6 is 11.6 Å². The van der Waals surface area contributed by atoms with Gasteiger partial charge in [0.1, 0.15) is 5.82 Å². The summed E-state index contributed by atoms with van der Waals surface area (Å²) in [4.78, 5) is 0.256. The quantitative estimate of drug-likeness (QED) is 0.804. The van der Waals surface area contributed by atoms with E-state index >= 15 is 0 Å². The number of halogens is 2. The maximum Gasteiger partial charge on any atom is 0.243 e. The van der Waals surface area contributed by atoms with Crippen molar-refractivity contribution in [1.82, 2.24) is 4.31 Å². The molecule has 1 atom stereocenters. The first-order chi connectivity index (χ1) is 11.5. The van der Waals surface area contributed by atoms with Crippen LogP contribution in [0.3, 0.4) is 0 Å². The number of hydrogen-bond donors (Lipinski definition) is 0. The summed E-state index contributed by atoms with van der Waals surface area (Å²) in [7, 11) is -3.55. The first kappa shape index (κ1) is 17.4. The van der Waals surface area contributed by atoms with Gasteiger partial charge in [0.25, 0.3) is 0 Å². The molecule has 0 bridgehead atoms. The molecule has 0 aromatic heterocycles. The minimum Gasteiger partial charge on any atom is -0.207 e. The highest BCUT2D eigenvalue weighted by atomic mass is 35.5. The van der Waals surface area contributed by atoms with Gasteiger partial charge in [-0.15, -0.1) is 0 Å². The Kier molecular flexibility index (Phi) is 5.23. The predicted octanol–water partition coefficient (Wildman–Crippen LogP) is 4.44. The minimum absolute atomic E-state index is 0.0789. The zero-order chi connectivity index (χ0) is 17.2. The van der Waals surface area contributed by atoms with Gasteiger partial charge in [0.05, 0.1) is 4.90 Å². The number of sulfonamides is 1. The predicted molar refractivity (Wildman–Crippen MR) is 93.2 cm³/mol. The molecule has 0 spiro atoms. The lowest BCUT2D eigenvalue weighted by molar-refractivity contribution is 0.406. The molecule has 3 rings (SSSR count). The van der Waals surface area contributed by atoms with Crippen molar-refractivity contribution in [1.29, 1.82) is 0 Å². The molecule has 1 fully saturated rings. The summed E-state index contributed by atoms with van der Waals surface area (Å²) >= 11 is 5.85. The van der Waals surface area contributed by atoms with Gasteiger partial charge in [-0.1, -0.05) is 30.2 Å². The standard InChI is InChI=1S/C18H19ClFNO2S/c19-16-6-10-18(11-7-16)24(22,23)21-12-2-1-3-15(13-21)14-4-8-17(20)9-5-14/h4-11,15H,1-3,12-13H2. The lowest BCUT2D eigenvalue weighted by Gasteiger charge is -2.24. The zero-order valence-electron chi connectivity index (χ0n) is 13.2. The molecular formula is C18H19ClFNO2S. The second-order valence-corrected chi connectivity index (χ2v) is 8.44. The number of rotatable bonds is 3. The highest BCUT2D eigenvalue weighted by Crippen LogP contribution is 2.30. The summed E-state index contributed by atoms with van der Waals surface area (Å²) in [6, 6.07) is 12.6. The highest BCUT2D eigenvalue weighted by molar-refractivity contribution is 7.89. The average Bonchev–Trinajstić information content (AvgIpc) is 2.83. The molecular weight excluding hydrogens is 349 g/mol. The van der Waals surface area contributed by atoms with Crippen LogP contribution in [0.4, 0.5) is 4.39 Å². The lowest BCUT2D eigenvalue weighted by Crippen LogP contribution is -2.34. The molecule has 0 radical (unpaired) electrons. The van der Waals surface area contributed by atoms with E-state index in [1.165, 1.54) is 28.6 Å². The van der Waals surface area contributed by atoms with E-state index in [0.717, 1.165) is 24.8 Å². The third-order valence-electron chi connectivity index (χ3n) is 4.43. The van der Waals surface area contributed by atoms with E-state index in [0.29, 0.717) is 18.1 Å². The van der Waals surface area contributed by atoms with Gasteiger partial charge in [-0.3, -0.25) is 0 Å². The van der Waals surface area contributed by atoms with Crippen molar-refractivity contribution in [3.63, 3.8) is 0 Å². The van der Waals surface area contributed by atoms with Crippen LogP contribution in [0.1, 0.15) is 30.7 Å². The Balaban J connectivity index is 1.86. The first-order valence-electron chi connectivity index (χ1n) is 7.98. The monoisotopic (exact) mass is 367 g/mol. The molecule has 24 heavy (non-hydrogen) atoms. The van der Waals surface area contributed by atoms with Crippen molar-refractivity contribution < 1.29 is 12.8 Å². The summed E-state index contributed by atoms with van der Waals surface area (Å²) in [5.41, 5.74) is 0.981. The maximum absolute atomic E-state index is 13.1. The van der Waals surface area contributed by atoms with E-state index in [1.807, 2.05) is 0 Å². The van der Waals surface area contributed by atoms with Gasteiger partial charge in [-0.05, 0) is 60.7 Å². The third kappa shape index (κ3) is 3.79. The number of benzene rings is 2. The summed E-state index contributed by atoms with van der Waals surface area (Å²) in [6.45, 7) is 0.916. The fourth-order valence-electron chi connectivity index (χ4n) is 3.09. The number of hydrogen-bond acceptors (Lipinski definition) is 2. The van der Waals surface area contributed by atoms with Gasteiger partial charge >= 0.3 is 0 Å². The van der Waals surface area contributed by atoms with Gasteiger partial charge < -0.3 is 0 Å². The molecule has 1 heterocycles. The van der Waals surface area contributed by atoms with Gasteiger partial charge in [0.15, 0.2) is 0 Å². The number of nitrogens with zero attached hydrogens (tertiary/aromatic N) is 1. The molecule has 1 saturated heterocycles. The fourth-order valence-corrected chi connectivity index (χ4v) is 4.74. The van der Waals surface area contributed by atoms with Crippen LogP contribution in [0.25, 0.3) is 0 Å². The van der Waals surface area contributed by atoms with E-state index in [9.17, 15) is 12.8 Å². The summed E-state index contributed by atoms with van der Waals surface area (Å²) < 4.78 is 40.5. The van der Waals surface area contributed by atoms with Gasteiger partial charge in [-0.25, -0.2) is 12.8 Å². The Morgan fingerprint density at radius 3 is 2.33 bits per heavy atom. The van der Waals surface area contributed by atoms with E-state index < -0.39 is 10.0 Å². The Morgan fingerprint density at radius 1 is 1.00 bits per heavy atom. The molecule has 1 aliphatic heterocycles. The van der Waals surface area contributed by atoms with E-state index in [4.69, 9.17) is 11.6 Å². The molecule has 2 aromatic carbocycles. The largest absolute Gasteiger partial charge is 0.243 e. The normalized spacial score (nSPS) is 19.8. The second kappa shape index (κ2) is 7.21. The smallest absolute Gasteiger partial charge is 0.207 e. The summed E-state index contributed by atoms with van der Waals surface area (Å²) in [5, 5.41) is 0.508. The van der Waals surface area contributed by atoms with Crippen molar-refractivity contribution in [3.05, 3.63) is 64.9 Å². The molecule has 3 nitrogen and oxygen atoms in total. The molecule has 2 aromatic rings. The second-order valence-electron chi connectivity index (χ2n) is 6.06. The molecule has 0 aliphatic carbocycles.